The molecule has 4 rings (SSSR count). The molecule has 0 atom stereocenters. The molecule has 0 spiro atoms. The number of aromatic nitrogens is 2. The van der Waals surface area contributed by atoms with Gasteiger partial charge in [-0.05, 0) is 56.5 Å². The van der Waals surface area contributed by atoms with Crippen LogP contribution < -0.4 is 0 Å². The van der Waals surface area contributed by atoms with Crippen LogP contribution in [0.3, 0.4) is 0 Å². The van der Waals surface area contributed by atoms with Crippen molar-refractivity contribution >= 4 is 46.6 Å². The molecule has 3 aromatic rings. The Morgan fingerprint density at radius 3 is 2.10 bits per heavy atom. The molecule has 206 valence electrons. The normalized spacial score (nSPS) is 14.0. The maximum absolute atomic E-state index is 13.8. The van der Waals surface area contributed by atoms with Gasteiger partial charge >= 0.3 is 0 Å². The molecule has 2 amide bonds. The van der Waals surface area contributed by atoms with Gasteiger partial charge in [-0.2, -0.15) is 5.10 Å². The lowest BCUT2D eigenvalue weighted by atomic mass is 9.77. The molecule has 0 N–H and O–H groups in total. The lowest BCUT2D eigenvalue weighted by Crippen LogP contribution is -2.54. The second kappa shape index (κ2) is 12.2. The molecule has 6 nitrogen and oxygen atoms in total. The average molecular weight is 588 g/mol. The predicted molar refractivity (Wildman–Crippen MR) is 159 cm³/mol. The molecule has 39 heavy (non-hydrogen) atoms. The van der Waals surface area contributed by atoms with Crippen LogP contribution in [-0.4, -0.2) is 57.6 Å². The van der Waals surface area contributed by atoms with E-state index >= 15 is 0 Å². The van der Waals surface area contributed by atoms with Crippen molar-refractivity contribution in [3.8, 4) is 16.9 Å². The minimum absolute atomic E-state index is 0.141. The van der Waals surface area contributed by atoms with E-state index in [-0.39, 0.29) is 11.8 Å². The molecule has 1 aliphatic rings. The van der Waals surface area contributed by atoms with E-state index in [1.807, 2.05) is 30.0 Å². The van der Waals surface area contributed by atoms with Gasteiger partial charge in [0, 0.05) is 47.4 Å². The lowest BCUT2D eigenvalue weighted by molar-refractivity contribution is -0.144. The summed E-state index contributed by atoms with van der Waals surface area (Å²) < 4.78 is 1.69. The number of amides is 2. The van der Waals surface area contributed by atoms with Gasteiger partial charge < -0.3 is 9.80 Å². The van der Waals surface area contributed by atoms with Crippen LogP contribution in [0.4, 0.5) is 0 Å². The Morgan fingerprint density at radius 1 is 0.949 bits per heavy atom. The number of rotatable bonds is 8. The quantitative estimate of drug-likeness (QED) is 0.257. The molecular weight excluding hydrogens is 555 g/mol. The van der Waals surface area contributed by atoms with E-state index in [9.17, 15) is 9.59 Å². The summed E-state index contributed by atoms with van der Waals surface area (Å²) in [5.41, 5.74) is 2.84. The van der Waals surface area contributed by atoms with Crippen LogP contribution in [0.25, 0.3) is 16.9 Å². The first-order chi connectivity index (χ1) is 18.7. The van der Waals surface area contributed by atoms with Crippen LogP contribution in [0.5, 0.6) is 0 Å². The molecule has 9 heteroatoms. The Bertz CT molecular complexity index is 1370. The summed E-state index contributed by atoms with van der Waals surface area (Å²) in [6.07, 6.45) is 3.99. The fourth-order valence-electron chi connectivity index (χ4n) is 5.28. The number of carbonyl (C=O) groups is 2. The van der Waals surface area contributed by atoms with Crippen LogP contribution >= 0.6 is 34.8 Å². The van der Waals surface area contributed by atoms with Gasteiger partial charge in [0.1, 0.15) is 0 Å². The van der Waals surface area contributed by atoms with Crippen LogP contribution in [0, 0.1) is 12.3 Å². The minimum Gasteiger partial charge on any atom is -0.339 e. The van der Waals surface area contributed by atoms with Gasteiger partial charge in [-0.15, -0.1) is 6.58 Å². The number of benzene rings is 2. The number of halogens is 3. The standard InChI is InChI=1S/C30H33Cl3N4O2/c1-5-14-30(6-2,7-3)29(39)36-17-15-35(16-18-36)28(38)26-20(4)27(21-8-10-22(31)11-9-21)37(34-26)25-13-12-23(32)19-24(25)33/h5,8-13,19H,1,6-7,14-18H2,2-4H3. The van der Waals surface area contributed by atoms with E-state index in [2.05, 4.69) is 20.4 Å². The molecular formula is C30H33Cl3N4O2. The third-order valence-corrected chi connectivity index (χ3v) is 8.57. The summed E-state index contributed by atoms with van der Waals surface area (Å²) in [5, 5.41) is 6.30. The van der Waals surface area contributed by atoms with Crippen LogP contribution in [0.2, 0.25) is 15.1 Å². The van der Waals surface area contributed by atoms with Crippen molar-refractivity contribution in [2.45, 2.75) is 40.0 Å². The molecule has 0 aliphatic carbocycles. The van der Waals surface area contributed by atoms with Gasteiger partial charge in [0.2, 0.25) is 5.91 Å². The van der Waals surface area contributed by atoms with E-state index in [4.69, 9.17) is 39.9 Å². The van der Waals surface area contributed by atoms with Crippen molar-refractivity contribution in [3.63, 3.8) is 0 Å². The highest BCUT2D eigenvalue weighted by molar-refractivity contribution is 6.35. The largest absolute Gasteiger partial charge is 0.339 e. The van der Waals surface area contributed by atoms with Crippen molar-refractivity contribution in [3.05, 3.63) is 81.4 Å². The second-order valence-electron chi connectivity index (χ2n) is 9.90. The third-order valence-electron chi connectivity index (χ3n) is 7.78. The van der Waals surface area contributed by atoms with Crippen LogP contribution in [0.1, 0.15) is 49.2 Å². The van der Waals surface area contributed by atoms with Crippen molar-refractivity contribution in [1.82, 2.24) is 19.6 Å². The highest BCUT2D eigenvalue weighted by Gasteiger charge is 2.39. The highest BCUT2D eigenvalue weighted by atomic mass is 35.5. The molecule has 1 fully saturated rings. The number of hydrogen-bond acceptors (Lipinski definition) is 3. The maximum atomic E-state index is 13.8. The zero-order chi connectivity index (χ0) is 28.3. The van der Waals surface area contributed by atoms with Gasteiger partial charge in [-0.25, -0.2) is 4.68 Å². The van der Waals surface area contributed by atoms with Gasteiger partial charge in [0.15, 0.2) is 5.69 Å². The van der Waals surface area contributed by atoms with Crippen LogP contribution in [-0.2, 0) is 4.79 Å². The van der Waals surface area contributed by atoms with Crippen molar-refractivity contribution < 1.29 is 9.59 Å². The van der Waals surface area contributed by atoms with Crippen molar-refractivity contribution in [1.29, 1.82) is 0 Å². The van der Waals surface area contributed by atoms with E-state index in [1.165, 1.54) is 0 Å². The summed E-state index contributed by atoms with van der Waals surface area (Å²) in [6.45, 7) is 11.7. The van der Waals surface area contributed by atoms with Crippen LogP contribution in [0.15, 0.2) is 55.1 Å². The minimum atomic E-state index is -0.436. The zero-order valence-electron chi connectivity index (χ0n) is 22.5. The SMILES string of the molecule is C=CCC(CC)(CC)C(=O)N1CCN(C(=O)c2nn(-c3ccc(Cl)cc3Cl)c(-c3ccc(Cl)cc3)c2C)CC1. The second-order valence-corrected chi connectivity index (χ2v) is 11.2. The van der Waals surface area contributed by atoms with Gasteiger partial charge in [0.05, 0.1) is 21.8 Å². The van der Waals surface area contributed by atoms with E-state index in [1.54, 1.807) is 39.9 Å². The first-order valence-corrected chi connectivity index (χ1v) is 14.3. The monoisotopic (exact) mass is 586 g/mol. The fourth-order valence-corrected chi connectivity index (χ4v) is 5.89. The number of hydrogen-bond donors (Lipinski definition) is 0. The molecule has 2 heterocycles. The Balaban J connectivity index is 1.64. The Morgan fingerprint density at radius 2 is 1.54 bits per heavy atom. The zero-order valence-corrected chi connectivity index (χ0v) is 24.8. The summed E-state index contributed by atoms with van der Waals surface area (Å²) in [7, 11) is 0. The van der Waals surface area contributed by atoms with E-state index in [0.29, 0.717) is 59.0 Å². The van der Waals surface area contributed by atoms with Crippen molar-refractivity contribution in [2.75, 3.05) is 26.2 Å². The Kier molecular flexibility index (Phi) is 9.10. The molecule has 0 unspecified atom stereocenters. The first kappa shape index (κ1) is 29.2. The summed E-state index contributed by atoms with van der Waals surface area (Å²) in [5.74, 6) is -0.0376. The molecule has 1 aliphatic heterocycles. The Hall–Kier alpha value is -2.80. The molecule has 1 aromatic heterocycles. The Labute approximate surface area is 245 Å². The summed E-state index contributed by atoms with van der Waals surface area (Å²) in [4.78, 5) is 30.9. The molecule has 1 saturated heterocycles. The topological polar surface area (TPSA) is 58.4 Å². The predicted octanol–water partition coefficient (Wildman–Crippen LogP) is 7.47. The van der Waals surface area contributed by atoms with Crippen molar-refractivity contribution in [2.24, 2.45) is 5.41 Å². The number of carbonyl (C=O) groups excluding carboxylic acids is 2. The maximum Gasteiger partial charge on any atom is 0.274 e. The number of nitrogens with zero attached hydrogens (tertiary/aromatic N) is 4. The molecule has 0 bridgehead atoms. The smallest absolute Gasteiger partial charge is 0.274 e. The van der Waals surface area contributed by atoms with Gasteiger partial charge in [-0.3, -0.25) is 9.59 Å². The van der Waals surface area contributed by atoms with E-state index < -0.39 is 5.41 Å². The lowest BCUT2D eigenvalue weighted by Gasteiger charge is -2.40. The fraction of sp³-hybridized carbons (Fsp3) is 0.367. The van der Waals surface area contributed by atoms with Gasteiger partial charge in [0.25, 0.3) is 5.91 Å². The molecule has 0 saturated carbocycles. The van der Waals surface area contributed by atoms with E-state index in [0.717, 1.165) is 29.7 Å². The summed E-state index contributed by atoms with van der Waals surface area (Å²) >= 11 is 18.8. The number of piperazine rings is 1. The molecule has 2 aromatic carbocycles. The highest BCUT2D eigenvalue weighted by Crippen LogP contribution is 2.35. The first-order valence-electron chi connectivity index (χ1n) is 13.2. The number of allylic oxidation sites excluding steroid dienone is 1. The average Bonchev–Trinajstić information content (AvgIpc) is 3.28. The van der Waals surface area contributed by atoms with Gasteiger partial charge in [-0.1, -0.05) is 66.9 Å². The molecule has 0 radical (unpaired) electrons. The third kappa shape index (κ3) is 5.74. The summed E-state index contributed by atoms with van der Waals surface area (Å²) in [6, 6.07) is 12.6.